The number of rotatable bonds is 6. The Morgan fingerprint density at radius 2 is 1.85 bits per heavy atom. The zero-order valence-electron chi connectivity index (χ0n) is 16.8. The van der Waals surface area contributed by atoms with Crippen LogP contribution in [0.4, 0.5) is 0 Å². The highest BCUT2D eigenvalue weighted by molar-refractivity contribution is 9.10. The Kier molecular flexibility index (Phi) is 7.49. The van der Waals surface area contributed by atoms with Crippen LogP contribution in [0.1, 0.15) is 5.56 Å². The van der Waals surface area contributed by atoms with Crippen molar-refractivity contribution < 1.29 is 4.79 Å². The average Bonchev–Trinajstić information content (AvgIpc) is 2.81. The van der Waals surface area contributed by atoms with E-state index in [4.69, 9.17) is 23.2 Å². The summed E-state index contributed by atoms with van der Waals surface area (Å²) in [6, 6.07) is 19.5. The van der Waals surface area contributed by atoms with E-state index in [1.165, 1.54) is 10.8 Å². The van der Waals surface area contributed by atoms with Gasteiger partial charge in [0.25, 0.3) is 11.5 Å². The van der Waals surface area contributed by atoms with Crippen molar-refractivity contribution in [2.45, 2.75) is 5.16 Å². The van der Waals surface area contributed by atoms with E-state index in [9.17, 15) is 9.59 Å². The summed E-state index contributed by atoms with van der Waals surface area (Å²) in [7, 11) is 0. The van der Waals surface area contributed by atoms with Crippen LogP contribution >= 0.6 is 50.9 Å². The molecule has 6 nitrogen and oxygen atoms in total. The highest BCUT2D eigenvalue weighted by Crippen LogP contribution is 2.23. The molecule has 0 atom stereocenters. The maximum atomic E-state index is 13.2. The van der Waals surface area contributed by atoms with Crippen molar-refractivity contribution in [3.63, 3.8) is 0 Å². The number of aromatic nitrogens is 2. The minimum absolute atomic E-state index is 0.0139. The molecule has 0 fully saturated rings. The molecule has 0 aliphatic heterocycles. The summed E-state index contributed by atoms with van der Waals surface area (Å²) < 4.78 is 2.40. The van der Waals surface area contributed by atoms with Gasteiger partial charge in [0.15, 0.2) is 5.16 Å². The molecule has 166 valence electrons. The van der Waals surface area contributed by atoms with Crippen LogP contribution in [-0.2, 0) is 4.79 Å². The van der Waals surface area contributed by atoms with Crippen LogP contribution in [0.15, 0.2) is 86.3 Å². The number of amides is 1. The molecule has 0 radical (unpaired) electrons. The first-order valence-electron chi connectivity index (χ1n) is 9.60. The van der Waals surface area contributed by atoms with Gasteiger partial charge in [0.05, 0.1) is 38.6 Å². The second-order valence-electron chi connectivity index (χ2n) is 6.78. The molecule has 4 rings (SSSR count). The number of benzene rings is 3. The quantitative estimate of drug-likeness (QED) is 0.142. The molecule has 0 bridgehead atoms. The fourth-order valence-corrected chi connectivity index (χ4v) is 4.34. The minimum Gasteiger partial charge on any atom is -0.272 e. The summed E-state index contributed by atoms with van der Waals surface area (Å²) in [6.45, 7) is 0. The maximum absolute atomic E-state index is 13.2. The van der Waals surface area contributed by atoms with Gasteiger partial charge in [0, 0.05) is 4.47 Å². The van der Waals surface area contributed by atoms with Gasteiger partial charge in [-0.3, -0.25) is 14.2 Å². The summed E-state index contributed by atoms with van der Waals surface area (Å²) in [5.41, 5.74) is 4.17. The van der Waals surface area contributed by atoms with Gasteiger partial charge in [-0.05, 0) is 54.1 Å². The molecule has 0 aliphatic carbocycles. The van der Waals surface area contributed by atoms with Crippen molar-refractivity contribution in [1.82, 2.24) is 15.0 Å². The first-order chi connectivity index (χ1) is 15.9. The van der Waals surface area contributed by atoms with E-state index in [0.717, 1.165) is 16.2 Å². The van der Waals surface area contributed by atoms with E-state index < -0.39 is 0 Å². The molecule has 10 heteroatoms. The highest BCUT2D eigenvalue weighted by Gasteiger charge is 2.14. The topological polar surface area (TPSA) is 76.3 Å². The van der Waals surface area contributed by atoms with Crippen molar-refractivity contribution in [3.8, 4) is 5.69 Å². The largest absolute Gasteiger partial charge is 0.272 e. The van der Waals surface area contributed by atoms with Gasteiger partial charge in [-0.15, -0.1) is 0 Å². The van der Waals surface area contributed by atoms with E-state index in [1.54, 1.807) is 36.4 Å². The summed E-state index contributed by atoms with van der Waals surface area (Å²) in [5.74, 6) is -0.332. The maximum Gasteiger partial charge on any atom is 0.266 e. The Bertz CT molecular complexity index is 1420. The zero-order valence-corrected chi connectivity index (χ0v) is 20.7. The van der Waals surface area contributed by atoms with E-state index in [2.05, 4.69) is 31.4 Å². The summed E-state index contributed by atoms with van der Waals surface area (Å²) in [4.78, 5) is 30.2. The van der Waals surface area contributed by atoms with Crippen LogP contribution < -0.4 is 11.0 Å². The molecular formula is C23H15BrCl2N4O2S. The molecule has 0 saturated heterocycles. The van der Waals surface area contributed by atoms with Gasteiger partial charge < -0.3 is 0 Å². The van der Waals surface area contributed by atoms with Gasteiger partial charge in [-0.25, -0.2) is 10.4 Å². The number of hydrazone groups is 1. The zero-order chi connectivity index (χ0) is 23.4. The molecule has 4 aromatic rings. The number of nitrogens with one attached hydrogen (secondary N) is 1. The summed E-state index contributed by atoms with van der Waals surface area (Å²) >= 11 is 16.4. The second-order valence-corrected chi connectivity index (χ2v) is 9.46. The second kappa shape index (κ2) is 10.5. The van der Waals surface area contributed by atoms with Gasteiger partial charge >= 0.3 is 0 Å². The summed E-state index contributed by atoms with van der Waals surface area (Å²) in [6.07, 6.45) is 1.47. The van der Waals surface area contributed by atoms with E-state index in [-0.39, 0.29) is 17.2 Å². The lowest BCUT2D eigenvalue weighted by atomic mass is 10.2. The highest BCUT2D eigenvalue weighted by atomic mass is 79.9. The Hall–Kier alpha value is -2.65. The number of fused-ring (bicyclic) bond motifs is 1. The normalized spacial score (nSPS) is 11.2. The number of halogens is 3. The Morgan fingerprint density at radius 3 is 2.61 bits per heavy atom. The van der Waals surface area contributed by atoms with Crippen molar-refractivity contribution in [2.24, 2.45) is 5.10 Å². The molecule has 1 N–H and O–H groups in total. The summed E-state index contributed by atoms with van der Waals surface area (Å²) in [5, 5.41) is 5.69. The Balaban J connectivity index is 1.55. The van der Waals surface area contributed by atoms with Crippen molar-refractivity contribution in [1.29, 1.82) is 0 Å². The molecule has 0 spiro atoms. The van der Waals surface area contributed by atoms with Gasteiger partial charge in [0.2, 0.25) is 0 Å². The number of nitrogens with zero attached hydrogens (tertiary/aromatic N) is 3. The predicted octanol–water partition coefficient (Wildman–Crippen LogP) is 5.70. The average molecular weight is 562 g/mol. The fourth-order valence-electron chi connectivity index (χ4n) is 2.96. The Morgan fingerprint density at radius 1 is 1.09 bits per heavy atom. The van der Waals surface area contributed by atoms with Crippen molar-refractivity contribution in [2.75, 3.05) is 5.75 Å². The lowest BCUT2D eigenvalue weighted by Crippen LogP contribution is -2.24. The molecule has 0 aliphatic rings. The third kappa shape index (κ3) is 5.65. The van der Waals surface area contributed by atoms with Crippen LogP contribution in [0.5, 0.6) is 0 Å². The monoisotopic (exact) mass is 560 g/mol. The first-order valence-corrected chi connectivity index (χ1v) is 12.1. The smallest absolute Gasteiger partial charge is 0.266 e. The molecular weight excluding hydrogens is 547 g/mol. The SMILES string of the molecule is O=C(CSc1nc2ccccc2c(=O)n1-c1ccc(Br)cc1)N/N=C/c1ccc(Cl)c(Cl)c1. The Labute approximate surface area is 211 Å². The van der Waals surface area contributed by atoms with Crippen molar-refractivity contribution >= 4 is 73.9 Å². The number of hydrogen-bond donors (Lipinski definition) is 1. The predicted molar refractivity (Wildman–Crippen MR) is 138 cm³/mol. The number of hydrogen-bond acceptors (Lipinski definition) is 5. The third-order valence-corrected chi connectivity index (χ3v) is 6.71. The molecule has 0 unspecified atom stereocenters. The van der Waals surface area contributed by atoms with Crippen molar-refractivity contribution in [3.05, 3.63) is 97.2 Å². The molecule has 0 saturated carbocycles. The standard InChI is InChI=1S/C23H15BrCl2N4O2S/c24-15-6-8-16(9-7-15)30-22(32)17-3-1-2-4-20(17)28-23(30)33-13-21(31)29-27-12-14-5-10-18(25)19(26)11-14/h1-12H,13H2,(H,29,31)/b27-12+. The van der Waals surface area contributed by atoms with Crippen LogP contribution in [0.25, 0.3) is 16.6 Å². The molecule has 33 heavy (non-hydrogen) atoms. The van der Waals surface area contributed by atoms with E-state index in [0.29, 0.717) is 37.4 Å². The molecule has 1 amide bonds. The molecule has 3 aromatic carbocycles. The van der Waals surface area contributed by atoms with Crippen LogP contribution in [-0.4, -0.2) is 27.4 Å². The number of carbonyl (C=O) groups is 1. The molecule has 1 heterocycles. The van der Waals surface area contributed by atoms with Crippen LogP contribution in [0.3, 0.4) is 0 Å². The van der Waals surface area contributed by atoms with Gasteiger partial charge in [0.1, 0.15) is 0 Å². The number of thioether (sulfide) groups is 1. The van der Waals surface area contributed by atoms with Crippen LogP contribution in [0, 0.1) is 0 Å². The van der Waals surface area contributed by atoms with E-state index >= 15 is 0 Å². The fraction of sp³-hybridized carbons (Fsp3) is 0.0435. The lowest BCUT2D eigenvalue weighted by molar-refractivity contribution is -0.118. The van der Waals surface area contributed by atoms with Gasteiger partial charge in [-0.2, -0.15) is 5.10 Å². The third-order valence-electron chi connectivity index (χ3n) is 4.51. The van der Waals surface area contributed by atoms with E-state index in [1.807, 2.05) is 30.3 Å². The lowest BCUT2D eigenvalue weighted by Gasteiger charge is -2.13. The number of carbonyl (C=O) groups excluding carboxylic acids is 1. The minimum atomic E-state index is -0.346. The first kappa shape index (κ1) is 23.5. The van der Waals surface area contributed by atoms with Crippen LogP contribution in [0.2, 0.25) is 10.0 Å². The van der Waals surface area contributed by atoms with Gasteiger partial charge in [-0.1, -0.05) is 69.1 Å². The number of para-hydroxylation sites is 1. The molecule has 1 aromatic heterocycles.